The Balaban J connectivity index is 1.99. The molecule has 0 atom stereocenters. The summed E-state index contributed by atoms with van der Waals surface area (Å²) in [5, 5.41) is 0. The molecular formula is C19H17F3O4. The minimum atomic E-state index is -1.36. The van der Waals surface area contributed by atoms with Gasteiger partial charge < -0.3 is 9.47 Å². The number of carbonyl (C=O) groups excluding carboxylic acids is 2. The first-order chi connectivity index (χ1) is 12.3. The minimum Gasteiger partial charge on any atom is -0.462 e. The van der Waals surface area contributed by atoms with Crippen LogP contribution in [0.4, 0.5) is 13.2 Å². The second kappa shape index (κ2) is 8.51. The molecule has 2 aromatic carbocycles. The zero-order chi connectivity index (χ0) is 19.3. The lowest BCUT2D eigenvalue weighted by atomic mass is 10.1. The highest BCUT2D eigenvalue weighted by molar-refractivity contribution is 5.93. The van der Waals surface area contributed by atoms with Crippen molar-refractivity contribution in [1.82, 2.24) is 0 Å². The van der Waals surface area contributed by atoms with Crippen molar-refractivity contribution in [3.63, 3.8) is 0 Å². The van der Waals surface area contributed by atoms with Gasteiger partial charge in [0.2, 0.25) is 0 Å². The molecule has 0 aliphatic carbocycles. The fourth-order valence-corrected chi connectivity index (χ4v) is 2.01. The monoisotopic (exact) mass is 366 g/mol. The maximum atomic E-state index is 13.5. The summed E-state index contributed by atoms with van der Waals surface area (Å²) >= 11 is 0. The van der Waals surface area contributed by atoms with Gasteiger partial charge in [0.05, 0.1) is 17.7 Å². The van der Waals surface area contributed by atoms with E-state index >= 15 is 0 Å². The smallest absolute Gasteiger partial charge is 0.338 e. The molecule has 2 aromatic rings. The summed E-state index contributed by atoms with van der Waals surface area (Å²) in [6, 6.07) is 6.62. The number of hydrogen-bond acceptors (Lipinski definition) is 4. The van der Waals surface area contributed by atoms with Gasteiger partial charge in [0.1, 0.15) is 12.4 Å². The molecule has 138 valence electrons. The highest BCUT2D eigenvalue weighted by Gasteiger charge is 2.15. The molecule has 0 bridgehead atoms. The van der Waals surface area contributed by atoms with Crippen LogP contribution in [0.1, 0.15) is 40.1 Å². The number of benzene rings is 2. The molecule has 0 saturated carbocycles. The lowest BCUT2D eigenvalue weighted by Gasteiger charge is -2.08. The molecule has 4 nitrogen and oxygen atoms in total. The molecule has 26 heavy (non-hydrogen) atoms. The molecule has 0 N–H and O–H groups in total. The van der Waals surface area contributed by atoms with Crippen molar-refractivity contribution in [2.75, 3.05) is 6.61 Å². The second-order valence-corrected chi connectivity index (χ2v) is 6.01. The number of hydrogen-bond donors (Lipinski definition) is 0. The van der Waals surface area contributed by atoms with E-state index < -0.39 is 41.6 Å². The summed E-state index contributed by atoms with van der Waals surface area (Å²) in [6.45, 7) is 3.45. The lowest BCUT2D eigenvalue weighted by Crippen LogP contribution is -2.11. The van der Waals surface area contributed by atoms with E-state index in [2.05, 4.69) is 0 Å². The molecule has 0 heterocycles. The Bertz CT molecular complexity index is 801. The molecule has 0 aromatic heterocycles. The Morgan fingerprint density at radius 3 is 2.00 bits per heavy atom. The van der Waals surface area contributed by atoms with Gasteiger partial charge >= 0.3 is 11.9 Å². The maximum Gasteiger partial charge on any atom is 0.338 e. The van der Waals surface area contributed by atoms with Gasteiger partial charge in [-0.25, -0.2) is 22.8 Å². The van der Waals surface area contributed by atoms with Crippen molar-refractivity contribution in [2.45, 2.75) is 20.5 Å². The molecule has 0 radical (unpaired) electrons. The van der Waals surface area contributed by atoms with Crippen molar-refractivity contribution in [2.24, 2.45) is 5.92 Å². The molecule has 0 aliphatic rings. The van der Waals surface area contributed by atoms with E-state index in [0.29, 0.717) is 6.07 Å². The standard InChI is InChI=1S/C19H17F3O4/c1-11(2)9-25-18(23)12-3-5-13(6-4-12)19(24)26-10-14-7-15(20)8-16(21)17(14)22/h3-8,11H,9-10H2,1-2H3. The van der Waals surface area contributed by atoms with Crippen molar-refractivity contribution in [3.05, 3.63) is 70.5 Å². The molecule has 0 aliphatic heterocycles. The Labute approximate surface area is 148 Å². The van der Waals surface area contributed by atoms with Crippen LogP contribution in [-0.2, 0) is 16.1 Å². The largest absolute Gasteiger partial charge is 0.462 e. The van der Waals surface area contributed by atoms with Gasteiger partial charge in [-0.3, -0.25) is 0 Å². The average Bonchev–Trinajstić information content (AvgIpc) is 2.61. The topological polar surface area (TPSA) is 52.6 Å². The number of esters is 2. The molecule has 2 rings (SSSR count). The van der Waals surface area contributed by atoms with E-state index in [9.17, 15) is 22.8 Å². The number of rotatable bonds is 6. The van der Waals surface area contributed by atoms with Gasteiger partial charge in [0.25, 0.3) is 0 Å². The molecule has 0 amide bonds. The molecular weight excluding hydrogens is 349 g/mol. The third-order valence-electron chi connectivity index (χ3n) is 3.33. The van der Waals surface area contributed by atoms with E-state index in [0.717, 1.165) is 6.07 Å². The Morgan fingerprint density at radius 2 is 1.46 bits per heavy atom. The van der Waals surface area contributed by atoms with Crippen LogP contribution in [0.5, 0.6) is 0 Å². The minimum absolute atomic E-state index is 0.0997. The summed E-state index contributed by atoms with van der Waals surface area (Å²) in [4.78, 5) is 23.7. The van der Waals surface area contributed by atoms with Gasteiger partial charge in [-0.15, -0.1) is 0 Å². The summed E-state index contributed by atoms with van der Waals surface area (Å²) in [5.41, 5.74) is -0.0483. The van der Waals surface area contributed by atoms with Gasteiger partial charge in [0, 0.05) is 11.6 Å². The number of ether oxygens (including phenoxy) is 2. The van der Waals surface area contributed by atoms with Crippen LogP contribution >= 0.6 is 0 Å². The van der Waals surface area contributed by atoms with E-state index in [1.807, 2.05) is 13.8 Å². The van der Waals surface area contributed by atoms with Gasteiger partial charge in [0.15, 0.2) is 11.6 Å². The Morgan fingerprint density at radius 1 is 0.923 bits per heavy atom. The lowest BCUT2D eigenvalue weighted by molar-refractivity contribution is 0.0449. The van der Waals surface area contributed by atoms with E-state index in [-0.39, 0.29) is 23.7 Å². The summed E-state index contributed by atoms with van der Waals surface area (Å²) < 4.78 is 49.7. The predicted octanol–water partition coefficient (Wildman–Crippen LogP) is 4.27. The molecule has 0 saturated heterocycles. The number of carbonyl (C=O) groups is 2. The maximum absolute atomic E-state index is 13.5. The van der Waals surface area contributed by atoms with Gasteiger partial charge in [-0.2, -0.15) is 0 Å². The van der Waals surface area contributed by atoms with Crippen LogP contribution in [0.2, 0.25) is 0 Å². The van der Waals surface area contributed by atoms with Crippen molar-refractivity contribution < 1.29 is 32.2 Å². The van der Waals surface area contributed by atoms with Gasteiger partial charge in [-0.05, 0) is 36.2 Å². The Hall–Kier alpha value is -2.83. The zero-order valence-electron chi connectivity index (χ0n) is 14.2. The highest BCUT2D eigenvalue weighted by Crippen LogP contribution is 2.16. The van der Waals surface area contributed by atoms with E-state index in [4.69, 9.17) is 9.47 Å². The Kier molecular flexibility index (Phi) is 6.38. The van der Waals surface area contributed by atoms with Crippen LogP contribution in [0.3, 0.4) is 0 Å². The predicted molar refractivity (Wildman–Crippen MR) is 87.0 cm³/mol. The molecule has 0 unspecified atom stereocenters. The van der Waals surface area contributed by atoms with Gasteiger partial charge in [-0.1, -0.05) is 13.8 Å². The summed E-state index contributed by atoms with van der Waals surface area (Å²) in [7, 11) is 0. The third kappa shape index (κ3) is 5.08. The second-order valence-electron chi connectivity index (χ2n) is 6.01. The third-order valence-corrected chi connectivity index (χ3v) is 3.33. The first-order valence-electron chi connectivity index (χ1n) is 7.85. The normalized spacial score (nSPS) is 10.7. The SMILES string of the molecule is CC(C)COC(=O)c1ccc(C(=O)OCc2cc(F)cc(F)c2F)cc1. The van der Waals surface area contributed by atoms with E-state index in [1.165, 1.54) is 24.3 Å². The van der Waals surface area contributed by atoms with Crippen molar-refractivity contribution in [3.8, 4) is 0 Å². The fourth-order valence-electron chi connectivity index (χ4n) is 2.01. The molecule has 7 heteroatoms. The fraction of sp³-hybridized carbons (Fsp3) is 0.263. The molecule has 0 fully saturated rings. The highest BCUT2D eigenvalue weighted by atomic mass is 19.2. The van der Waals surface area contributed by atoms with Crippen LogP contribution in [0.15, 0.2) is 36.4 Å². The van der Waals surface area contributed by atoms with Crippen molar-refractivity contribution in [1.29, 1.82) is 0 Å². The summed E-state index contributed by atoms with van der Waals surface area (Å²) in [6.07, 6.45) is 0. The van der Waals surface area contributed by atoms with E-state index in [1.54, 1.807) is 0 Å². The number of halogens is 3. The van der Waals surface area contributed by atoms with Crippen molar-refractivity contribution >= 4 is 11.9 Å². The van der Waals surface area contributed by atoms with Crippen LogP contribution in [0, 0.1) is 23.4 Å². The summed E-state index contributed by atoms with van der Waals surface area (Å²) in [5.74, 6) is -4.75. The quantitative estimate of drug-likeness (QED) is 0.566. The molecule has 0 spiro atoms. The van der Waals surface area contributed by atoms with Crippen LogP contribution < -0.4 is 0 Å². The zero-order valence-corrected chi connectivity index (χ0v) is 14.2. The first kappa shape index (κ1) is 19.5. The average molecular weight is 366 g/mol. The van der Waals surface area contributed by atoms with Crippen LogP contribution in [-0.4, -0.2) is 18.5 Å². The first-order valence-corrected chi connectivity index (χ1v) is 7.85. The van der Waals surface area contributed by atoms with Crippen LogP contribution in [0.25, 0.3) is 0 Å².